The second-order valence-electron chi connectivity index (χ2n) is 8.50. The van der Waals surface area contributed by atoms with Gasteiger partial charge in [0, 0.05) is 12.1 Å². The lowest BCUT2D eigenvalue weighted by Crippen LogP contribution is -2.14. The van der Waals surface area contributed by atoms with Crippen LogP contribution in [-0.2, 0) is 16.1 Å². The van der Waals surface area contributed by atoms with E-state index in [2.05, 4.69) is 27.6 Å². The Morgan fingerprint density at radius 3 is 2.52 bits per heavy atom. The van der Waals surface area contributed by atoms with Gasteiger partial charge in [-0.2, -0.15) is 0 Å². The third kappa shape index (κ3) is 7.12. The van der Waals surface area contributed by atoms with Gasteiger partial charge in [0.15, 0.2) is 11.5 Å². The van der Waals surface area contributed by atoms with Gasteiger partial charge in [-0.05, 0) is 83.1 Å². The summed E-state index contributed by atoms with van der Waals surface area (Å²) < 4.78 is 17.3. The number of nitro groups is 1. The van der Waals surface area contributed by atoms with Crippen molar-refractivity contribution in [3.05, 3.63) is 112 Å². The van der Waals surface area contributed by atoms with Crippen LogP contribution in [0.3, 0.4) is 0 Å². The molecule has 0 bridgehead atoms. The van der Waals surface area contributed by atoms with Gasteiger partial charge in [-0.25, -0.2) is 9.79 Å². The number of rotatable bonds is 9. The normalized spacial score (nSPS) is 14.8. The molecule has 0 atom stereocenters. The average molecular weight is 721 g/mol. The molecule has 1 amide bonds. The number of aliphatic hydroxyl groups excluding tert-OH is 1. The zero-order valence-electron chi connectivity index (χ0n) is 22.1. The Bertz CT molecular complexity index is 1650. The molecule has 3 aromatic carbocycles. The van der Waals surface area contributed by atoms with E-state index >= 15 is 0 Å². The summed E-state index contributed by atoms with van der Waals surface area (Å²) in [6, 6.07) is 15.9. The van der Waals surface area contributed by atoms with Crippen molar-refractivity contribution in [1.29, 1.82) is 0 Å². The van der Waals surface area contributed by atoms with Crippen molar-refractivity contribution >= 4 is 74.6 Å². The molecule has 0 unspecified atom stereocenters. The number of amides is 1. The summed E-state index contributed by atoms with van der Waals surface area (Å²) in [5.41, 5.74) is 1.24. The zero-order chi connectivity index (χ0) is 30.4. The Kier molecular flexibility index (Phi) is 10.2. The number of methoxy groups -OCH3 is 1. The van der Waals surface area contributed by atoms with Crippen molar-refractivity contribution < 1.29 is 33.8 Å². The van der Waals surface area contributed by atoms with E-state index in [0.717, 1.165) is 17.3 Å². The van der Waals surface area contributed by atoms with Gasteiger partial charge in [0.2, 0.25) is 0 Å². The Hall–Kier alpha value is -3.88. The summed E-state index contributed by atoms with van der Waals surface area (Å²) in [6.07, 6.45) is 1.62. The van der Waals surface area contributed by atoms with Gasteiger partial charge in [-0.1, -0.05) is 35.5 Å². The quantitative estimate of drug-likeness (QED) is 0.106. The Labute approximate surface area is 263 Å². The molecule has 0 radical (unpaired) electrons. The molecule has 0 spiro atoms. The van der Waals surface area contributed by atoms with Crippen LogP contribution < -0.4 is 9.47 Å². The van der Waals surface area contributed by atoms with Gasteiger partial charge in [0.05, 0.1) is 37.7 Å². The number of nitrogens with zero attached hydrogens (tertiary/aromatic N) is 2. The van der Waals surface area contributed by atoms with E-state index in [-0.39, 0.29) is 50.8 Å². The van der Waals surface area contributed by atoms with Crippen molar-refractivity contribution in [2.45, 2.75) is 13.5 Å². The van der Waals surface area contributed by atoms with E-state index < -0.39 is 16.8 Å². The summed E-state index contributed by atoms with van der Waals surface area (Å²) >= 11 is 9.16. The predicted octanol–water partition coefficient (Wildman–Crippen LogP) is 7.14. The van der Waals surface area contributed by atoms with Crippen LogP contribution in [0.1, 0.15) is 28.4 Å². The Morgan fingerprint density at radius 1 is 1.17 bits per heavy atom. The highest BCUT2D eigenvalue weighted by Crippen LogP contribution is 2.41. The fourth-order valence-corrected chi connectivity index (χ4v) is 5.77. The summed E-state index contributed by atoms with van der Waals surface area (Å²) in [5.74, 6) is -1.02. The molecule has 1 aliphatic heterocycles. The lowest BCUT2D eigenvalue weighted by molar-refractivity contribution is -0.384. The van der Waals surface area contributed by atoms with E-state index in [4.69, 9.17) is 25.8 Å². The van der Waals surface area contributed by atoms with Crippen molar-refractivity contribution in [2.24, 2.45) is 4.99 Å². The number of ether oxygens (including phenoxy) is 3. The van der Waals surface area contributed by atoms with Gasteiger partial charge in [-0.3, -0.25) is 14.9 Å². The van der Waals surface area contributed by atoms with Crippen LogP contribution in [0.15, 0.2) is 81.9 Å². The number of carbonyl (C=O) groups excluding carboxylic acids is 2. The van der Waals surface area contributed by atoms with Crippen molar-refractivity contribution in [1.82, 2.24) is 0 Å². The highest BCUT2D eigenvalue weighted by Gasteiger charge is 2.34. The number of benzene rings is 3. The number of nitro benzene ring substituents is 1. The van der Waals surface area contributed by atoms with E-state index in [0.29, 0.717) is 20.6 Å². The SMILES string of the molecule is CCOC(=O)C1=C(O)/C(=C/c2cc(I)c(OCc3ccc([N+](=O)[O-])cc3)c(OC)c2)SC1=NC(=O)c1ccccc1Cl. The number of esters is 1. The van der Waals surface area contributed by atoms with Gasteiger partial charge in [0.25, 0.3) is 11.6 Å². The predicted molar refractivity (Wildman–Crippen MR) is 168 cm³/mol. The molecule has 1 N–H and O–H groups in total. The molecule has 1 heterocycles. The minimum absolute atomic E-state index is 0.0158. The second-order valence-corrected chi connectivity index (χ2v) is 11.1. The molecule has 42 heavy (non-hydrogen) atoms. The maximum Gasteiger partial charge on any atom is 0.344 e. The number of carbonyl (C=O) groups is 2. The number of non-ortho nitro benzene ring substituents is 1. The third-order valence-corrected chi connectivity index (χ3v) is 7.91. The number of halogens is 2. The molecule has 0 fully saturated rings. The maximum atomic E-state index is 12.9. The lowest BCUT2D eigenvalue weighted by Gasteiger charge is -2.14. The standard InChI is InChI=1S/C29H22ClIN2O8S/c1-3-40-29(36)24-25(34)23(42-28(24)32-27(35)19-6-4-5-7-20(19)30)14-17-12-21(31)26(22(13-17)39-2)41-15-16-8-10-18(11-9-16)33(37)38/h4-14,34H,3,15H2,1-2H3/b23-14-,32-28?. The van der Waals surface area contributed by atoms with Crippen LogP contribution in [0.2, 0.25) is 5.02 Å². The smallest absolute Gasteiger partial charge is 0.344 e. The van der Waals surface area contributed by atoms with Crippen LogP contribution in [0, 0.1) is 13.7 Å². The highest BCUT2D eigenvalue weighted by atomic mass is 127. The topological polar surface area (TPSA) is 138 Å². The van der Waals surface area contributed by atoms with E-state index in [1.807, 2.05) is 0 Å². The summed E-state index contributed by atoms with van der Waals surface area (Å²) in [7, 11) is 1.48. The van der Waals surface area contributed by atoms with Gasteiger partial charge in [0.1, 0.15) is 23.0 Å². The first kappa shape index (κ1) is 31.1. The van der Waals surface area contributed by atoms with Gasteiger partial charge < -0.3 is 19.3 Å². The van der Waals surface area contributed by atoms with Crippen molar-refractivity contribution in [2.75, 3.05) is 13.7 Å². The van der Waals surface area contributed by atoms with Crippen LogP contribution >= 0.6 is 46.0 Å². The Morgan fingerprint density at radius 2 is 1.88 bits per heavy atom. The molecule has 0 aliphatic carbocycles. The molecule has 13 heteroatoms. The number of thioether (sulfide) groups is 1. The third-order valence-electron chi connectivity index (χ3n) is 5.76. The van der Waals surface area contributed by atoms with E-state index in [1.165, 1.54) is 25.3 Å². The minimum Gasteiger partial charge on any atom is -0.506 e. The number of aliphatic imine (C=N–C) groups is 1. The second kappa shape index (κ2) is 13.9. The molecule has 10 nitrogen and oxygen atoms in total. The first-order valence-electron chi connectivity index (χ1n) is 12.2. The van der Waals surface area contributed by atoms with Gasteiger partial charge in [-0.15, -0.1) is 0 Å². The first-order valence-corrected chi connectivity index (χ1v) is 14.5. The lowest BCUT2D eigenvalue weighted by atomic mass is 10.1. The minimum atomic E-state index is -0.821. The molecule has 0 saturated heterocycles. The summed E-state index contributed by atoms with van der Waals surface area (Å²) in [6.45, 7) is 1.83. The molecule has 1 aliphatic rings. The van der Waals surface area contributed by atoms with Crippen LogP contribution in [0.4, 0.5) is 5.69 Å². The van der Waals surface area contributed by atoms with Crippen LogP contribution in [0.5, 0.6) is 11.5 Å². The molecule has 0 saturated carbocycles. The number of hydrogen-bond acceptors (Lipinski definition) is 9. The zero-order valence-corrected chi connectivity index (χ0v) is 25.9. The summed E-state index contributed by atoms with van der Waals surface area (Å²) in [4.78, 5) is 40.4. The maximum absolute atomic E-state index is 12.9. The van der Waals surface area contributed by atoms with E-state index in [9.17, 15) is 24.8 Å². The number of aliphatic hydroxyl groups is 1. The summed E-state index contributed by atoms with van der Waals surface area (Å²) in [5, 5.41) is 22.1. The molecule has 216 valence electrons. The number of hydrogen-bond donors (Lipinski definition) is 1. The molecule has 0 aromatic heterocycles. The monoisotopic (exact) mass is 720 g/mol. The average Bonchev–Trinajstić information content (AvgIpc) is 3.26. The fourth-order valence-electron chi connectivity index (χ4n) is 3.76. The van der Waals surface area contributed by atoms with Crippen molar-refractivity contribution in [3.63, 3.8) is 0 Å². The molecular formula is C29H22ClIN2O8S. The molecular weight excluding hydrogens is 699 g/mol. The van der Waals surface area contributed by atoms with E-state index in [1.54, 1.807) is 55.5 Å². The van der Waals surface area contributed by atoms with Crippen LogP contribution in [0.25, 0.3) is 6.08 Å². The first-order chi connectivity index (χ1) is 20.1. The molecule has 3 aromatic rings. The molecule has 4 rings (SSSR count). The van der Waals surface area contributed by atoms with Crippen molar-refractivity contribution in [3.8, 4) is 11.5 Å². The highest BCUT2D eigenvalue weighted by molar-refractivity contribution is 14.1. The fraction of sp³-hybridized carbons (Fsp3) is 0.138. The van der Waals surface area contributed by atoms with Crippen LogP contribution in [-0.4, -0.2) is 40.7 Å². The Balaban J connectivity index is 1.64. The van der Waals surface area contributed by atoms with Gasteiger partial charge >= 0.3 is 5.97 Å². The largest absolute Gasteiger partial charge is 0.506 e.